The van der Waals surface area contributed by atoms with E-state index in [1.54, 1.807) is 25.5 Å². The van der Waals surface area contributed by atoms with Crippen LogP contribution < -0.4 is 14.9 Å². The molecule has 3 aromatic rings. The van der Waals surface area contributed by atoms with Crippen molar-refractivity contribution in [3.8, 4) is 11.5 Å². The molecule has 0 saturated heterocycles. The lowest BCUT2D eigenvalue weighted by molar-refractivity contribution is 0.0929. The highest BCUT2D eigenvalue weighted by molar-refractivity contribution is 14.1. The van der Waals surface area contributed by atoms with E-state index in [-0.39, 0.29) is 5.76 Å². The third-order valence-electron chi connectivity index (χ3n) is 3.57. The van der Waals surface area contributed by atoms with Crippen LogP contribution in [0.3, 0.4) is 0 Å². The van der Waals surface area contributed by atoms with Gasteiger partial charge in [-0.15, -0.1) is 0 Å². The fraction of sp³-hybridized carbons (Fsp3) is 0.158. The monoisotopic (exact) mass is 464 g/mol. The molecule has 0 atom stereocenters. The molecule has 6 nitrogen and oxygen atoms in total. The number of methoxy groups -OCH3 is 1. The van der Waals surface area contributed by atoms with Crippen molar-refractivity contribution in [2.75, 3.05) is 13.7 Å². The quantitative estimate of drug-likeness (QED) is 0.337. The third kappa shape index (κ3) is 3.98. The molecule has 0 fully saturated rings. The Morgan fingerprint density at radius 3 is 2.85 bits per heavy atom. The van der Waals surface area contributed by atoms with Gasteiger partial charge in [-0.1, -0.05) is 18.2 Å². The van der Waals surface area contributed by atoms with E-state index in [0.717, 1.165) is 14.5 Å². The molecular weight excluding hydrogens is 447 g/mol. The van der Waals surface area contributed by atoms with E-state index < -0.39 is 5.91 Å². The first kappa shape index (κ1) is 18.2. The van der Waals surface area contributed by atoms with Gasteiger partial charge in [0.1, 0.15) is 5.58 Å². The van der Waals surface area contributed by atoms with Gasteiger partial charge in [0.2, 0.25) is 0 Å². The van der Waals surface area contributed by atoms with Crippen molar-refractivity contribution in [3.63, 3.8) is 0 Å². The maximum atomic E-state index is 12.2. The number of halogens is 1. The zero-order valence-electron chi connectivity index (χ0n) is 14.3. The summed E-state index contributed by atoms with van der Waals surface area (Å²) in [5.74, 6) is 1.11. The Hall–Kier alpha value is -2.55. The fourth-order valence-corrected chi connectivity index (χ4v) is 3.19. The molecular formula is C19H17IN2O4. The highest BCUT2D eigenvalue weighted by Gasteiger charge is 2.12. The maximum Gasteiger partial charge on any atom is 0.307 e. The van der Waals surface area contributed by atoms with Gasteiger partial charge in [-0.2, -0.15) is 5.10 Å². The summed E-state index contributed by atoms with van der Waals surface area (Å²) >= 11 is 2.17. The molecule has 134 valence electrons. The van der Waals surface area contributed by atoms with Crippen LogP contribution in [0.25, 0.3) is 11.0 Å². The Labute approximate surface area is 164 Å². The minimum absolute atomic E-state index is 0.210. The molecule has 7 heteroatoms. The molecule has 3 rings (SSSR count). The van der Waals surface area contributed by atoms with Crippen molar-refractivity contribution in [3.05, 3.63) is 57.4 Å². The molecule has 0 aliphatic heterocycles. The van der Waals surface area contributed by atoms with Gasteiger partial charge in [-0.05, 0) is 59.3 Å². The van der Waals surface area contributed by atoms with Gasteiger partial charge in [0, 0.05) is 5.39 Å². The largest absolute Gasteiger partial charge is 0.493 e. The van der Waals surface area contributed by atoms with Crippen LogP contribution in [0, 0.1) is 3.57 Å². The number of nitrogens with zero attached hydrogens (tertiary/aromatic N) is 1. The van der Waals surface area contributed by atoms with Gasteiger partial charge in [0.25, 0.3) is 0 Å². The number of amides is 1. The zero-order valence-corrected chi connectivity index (χ0v) is 16.4. The number of para-hydroxylation sites is 1. The van der Waals surface area contributed by atoms with Gasteiger partial charge in [0.05, 0.1) is 23.5 Å². The summed E-state index contributed by atoms with van der Waals surface area (Å²) in [5.41, 5.74) is 3.90. The second-order valence-electron chi connectivity index (χ2n) is 5.31. The van der Waals surface area contributed by atoms with E-state index >= 15 is 0 Å². The van der Waals surface area contributed by atoms with Gasteiger partial charge in [-0.3, -0.25) is 4.79 Å². The smallest absolute Gasteiger partial charge is 0.307 e. The molecule has 1 heterocycles. The molecule has 0 aliphatic carbocycles. The van der Waals surface area contributed by atoms with Crippen LogP contribution in [0.5, 0.6) is 11.5 Å². The second-order valence-corrected chi connectivity index (χ2v) is 6.48. The molecule has 0 spiro atoms. The maximum absolute atomic E-state index is 12.2. The summed E-state index contributed by atoms with van der Waals surface area (Å²) in [6.07, 6.45) is 1.54. The number of carbonyl (C=O) groups is 1. The summed E-state index contributed by atoms with van der Waals surface area (Å²) in [7, 11) is 1.58. The van der Waals surface area contributed by atoms with Gasteiger partial charge in [-0.25, -0.2) is 5.43 Å². The molecule has 1 aromatic heterocycles. The van der Waals surface area contributed by atoms with Crippen molar-refractivity contribution in [1.29, 1.82) is 0 Å². The minimum atomic E-state index is -0.412. The standard InChI is InChI=1S/C19H17IN2O4/c1-3-25-18-14(20)8-12(9-16(18)24-2)11-21-22-19(23)17-10-13-6-4-5-7-15(13)26-17/h4-11H,3H2,1-2H3,(H,22,23). The molecule has 2 aromatic carbocycles. The van der Waals surface area contributed by atoms with Crippen LogP contribution in [-0.2, 0) is 0 Å². The van der Waals surface area contributed by atoms with Crippen molar-refractivity contribution in [2.45, 2.75) is 6.92 Å². The Balaban J connectivity index is 1.73. The van der Waals surface area contributed by atoms with E-state index in [4.69, 9.17) is 13.9 Å². The molecule has 1 N–H and O–H groups in total. The number of nitrogens with one attached hydrogen (secondary N) is 1. The first-order valence-corrected chi connectivity index (χ1v) is 9.02. The van der Waals surface area contributed by atoms with Crippen LogP contribution >= 0.6 is 22.6 Å². The molecule has 0 saturated carbocycles. The number of benzene rings is 2. The number of ether oxygens (including phenoxy) is 2. The summed E-state index contributed by atoms with van der Waals surface area (Å²) in [6, 6.07) is 12.8. The first-order chi connectivity index (χ1) is 12.6. The lowest BCUT2D eigenvalue weighted by Gasteiger charge is -2.11. The van der Waals surface area contributed by atoms with Crippen LogP contribution in [0.4, 0.5) is 0 Å². The number of hydrazone groups is 1. The van der Waals surface area contributed by atoms with E-state index in [9.17, 15) is 4.79 Å². The number of rotatable bonds is 6. The average molecular weight is 464 g/mol. The molecule has 0 unspecified atom stereocenters. The van der Waals surface area contributed by atoms with Crippen LogP contribution in [-0.4, -0.2) is 25.8 Å². The summed E-state index contributed by atoms with van der Waals surface area (Å²) < 4.78 is 17.3. The second kappa shape index (κ2) is 8.22. The first-order valence-electron chi connectivity index (χ1n) is 7.94. The highest BCUT2D eigenvalue weighted by Crippen LogP contribution is 2.33. The zero-order chi connectivity index (χ0) is 18.5. The lowest BCUT2D eigenvalue weighted by atomic mass is 10.2. The summed E-state index contributed by atoms with van der Waals surface area (Å²) in [6.45, 7) is 2.46. The van der Waals surface area contributed by atoms with E-state index in [0.29, 0.717) is 23.7 Å². The Bertz CT molecular complexity index is 932. The highest BCUT2D eigenvalue weighted by atomic mass is 127. The Morgan fingerprint density at radius 1 is 1.31 bits per heavy atom. The van der Waals surface area contributed by atoms with Gasteiger partial charge in [0.15, 0.2) is 17.3 Å². The van der Waals surface area contributed by atoms with Crippen LogP contribution in [0.1, 0.15) is 23.0 Å². The molecule has 1 amide bonds. The minimum Gasteiger partial charge on any atom is -0.493 e. The topological polar surface area (TPSA) is 73.1 Å². The molecule has 0 bridgehead atoms. The predicted octanol–water partition coefficient (Wildman–Crippen LogP) is 4.21. The van der Waals surface area contributed by atoms with Crippen LogP contribution in [0.15, 0.2) is 52.0 Å². The molecule has 0 aliphatic rings. The van der Waals surface area contributed by atoms with E-state index in [1.165, 1.54) is 0 Å². The van der Waals surface area contributed by atoms with Gasteiger partial charge < -0.3 is 13.9 Å². The summed E-state index contributed by atoms with van der Waals surface area (Å²) in [5, 5.41) is 4.86. The normalized spacial score (nSPS) is 11.0. The molecule has 0 radical (unpaired) electrons. The fourth-order valence-electron chi connectivity index (χ4n) is 2.41. The predicted molar refractivity (Wildman–Crippen MR) is 108 cm³/mol. The Morgan fingerprint density at radius 2 is 2.12 bits per heavy atom. The summed E-state index contributed by atoms with van der Waals surface area (Å²) in [4.78, 5) is 12.2. The van der Waals surface area contributed by atoms with E-state index in [1.807, 2.05) is 37.3 Å². The van der Waals surface area contributed by atoms with Crippen molar-refractivity contribution >= 4 is 45.7 Å². The van der Waals surface area contributed by atoms with Gasteiger partial charge >= 0.3 is 5.91 Å². The van der Waals surface area contributed by atoms with Crippen molar-refractivity contribution in [1.82, 2.24) is 5.43 Å². The van der Waals surface area contributed by atoms with Crippen molar-refractivity contribution in [2.24, 2.45) is 5.10 Å². The molecule has 26 heavy (non-hydrogen) atoms. The lowest BCUT2D eigenvalue weighted by Crippen LogP contribution is -2.16. The Kier molecular flexibility index (Phi) is 5.77. The van der Waals surface area contributed by atoms with Crippen LogP contribution in [0.2, 0.25) is 0 Å². The van der Waals surface area contributed by atoms with Crippen molar-refractivity contribution < 1.29 is 18.7 Å². The third-order valence-corrected chi connectivity index (χ3v) is 4.37. The number of fused-ring (bicyclic) bond motifs is 1. The number of hydrogen-bond donors (Lipinski definition) is 1. The number of hydrogen-bond acceptors (Lipinski definition) is 5. The van der Waals surface area contributed by atoms with E-state index in [2.05, 4.69) is 33.1 Å². The average Bonchev–Trinajstić information content (AvgIpc) is 3.08. The SMILES string of the molecule is CCOc1c(I)cc(C=NNC(=O)c2cc3ccccc3o2)cc1OC. The number of carbonyl (C=O) groups excluding carboxylic acids is 1. The number of furan rings is 1.